The van der Waals surface area contributed by atoms with Crippen molar-refractivity contribution < 1.29 is 14.8 Å². The fourth-order valence-corrected chi connectivity index (χ4v) is 2.13. The average molecular weight is 346 g/mol. The lowest BCUT2D eigenvalue weighted by Gasteiger charge is -2.18. The van der Waals surface area contributed by atoms with Gasteiger partial charge in [0.1, 0.15) is 18.1 Å². The molecule has 0 bridgehead atoms. The van der Waals surface area contributed by atoms with Crippen LogP contribution in [-0.4, -0.2) is 27.0 Å². The van der Waals surface area contributed by atoms with Crippen molar-refractivity contribution in [3.63, 3.8) is 0 Å². The van der Waals surface area contributed by atoms with Gasteiger partial charge >= 0.3 is 5.97 Å². The molecule has 110 valence electrons. The third-order valence-corrected chi connectivity index (χ3v) is 3.72. The maximum absolute atomic E-state index is 11.2. The highest BCUT2D eigenvalue weighted by Gasteiger charge is 2.23. The van der Waals surface area contributed by atoms with Crippen LogP contribution in [0.4, 0.5) is 11.5 Å². The lowest BCUT2D eigenvalue weighted by Crippen LogP contribution is -2.31. The van der Waals surface area contributed by atoms with E-state index in [4.69, 9.17) is 0 Å². The number of anilines is 1. The van der Waals surface area contributed by atoms with Gasteiger partial charge in [0.05, 0.1) is 9.40 Å². The summed E-state index contributed by atoms with van der Waals surface area (Å²) < 4.78 is 0.404. The van der Waals surface area contributed by atoms with Gasteiger partial charge in [0, 0.05) is 5.56 Å². The molecule has 2 N–H and O–H groups in total. The number of nitrogens with one attached hydrogen (secondary N) is 1. The first-order valence-electron chi connectivity index (χ1n) is 6.02. The Hall–Kier alpha value is -1.70. The van der Waals surface area contributed by atoms with Gasteiger partial charge in [-0.15, -0.1) is 0 Å². The summed E-state index contributed by atoms with van der Waals surface area (Å²) in [4.78, 5) is 25.4. The van der Waals surface area contributed by atoms with Crippen LogP contribution < -0.4 is 5.32 Å². The monoisotopic (exact) mass is 345 g/mol. The highest BCUT2D eigenvalue weighted by molar-refractivity contribution is 9.10. The predicted octanol–water partition coefficient (Wildman–Crippen LogP) is 2.97. The minimum absolute atomic E-state index is 0.113. The zero-order valence-electron chi connectivity index (χ0n) is 11.4. The van der Waals surface area contributed by atoms with Gasteiger partial charge in [-0.05, 0) is 35.2 Å². The number of nitrogens with zero attached hydrogens (tertiary/aromatic N) is 2. The third kappa shape index (κ3) is 3.89. The van der Waals surface area contributed by atoms with Crippen LogP contribution in [0.25, 0.3) is 0 Å². The van der Waals surface area contributed by atoms with Crippen molar-refractivity contribution in [2.24, 2.45) is 5.92 Å². The Morgan fingerprint density at radius 3 is 2.65 bits per heavy atom. The van der Waals surface area contributed by atoms with Crippen LogP contribution in [0.15, 0.2) is 10.7 Å². The van der Waals surface area contributed by atoms with Crippen LogP contribution in [0, 0.1) is 23.0 Å². The van der Waals surface area contributed by atoms with Gasteiger partial charge < -0.3 is 10.4 Å². The molecule has 0 aliphatic carbocycles. The number of pyridine rings is 1. The van der Waals surface area contributed by atoms with Crippen LogP contribution >= 0.6 is 15.9 Å². The van der Waals surface area contributed by atoms with Gasteiger partial charge in [-0.1, -0.05) is 13.8 Å². The molecule has 0 aromatic carbocycles. The zero-order chi connectivity index (χ0) is 15.4. The van der Waals surface area contributed by atoms with E-state index in [1.807, 2.05) is 13.8 Å². The van der Waals surface area contributed by atoms with E-state index in [0.717, 1.165) is 6.20 Å². The fourth-order valence-electron chi connectivity index (χ4n) is 1.71. The number of aliphatic carboxylic acids is 1. The van der Waals surface area contributed by atoms with Gasteiger partial charge in [0.15, 0.2) is 0 Å². The molecule has 1 aromatic heterocycles. The van der Waals surface area contributed by atoms with Gasteiger partial charge in [-0.3, -0.25) is 10.1 Å². The van der Waals surface area contributed by atoms with Crippen molar-refractivity contribution in [1.29, 1.82) is 0 Å². The Balaban J connectivity index is 3.05. The quantitative estimate of drug-likeness (QED) is 0.606. The van der Waals surface area contributed by atoms with E-state index < -0.39 is 16.9 Å². The first-order chi connectivity index (χ1) is 9.23. The molecule has 7 nitrogen and oxygen atoms in total. The Morgan fingerprint density at radius 2 is 2.20 bits per heavy atom. The second-order valence-corrected chi connectivity index (χ2v) is 5.65. The van der Waals surface area contributed by atoms with E-state index in [0.29, 0.717) is 22.3 Å². The number of carboxylic acid groups (broad SMARTS) is 1. The normalized spacial score (nSPS) is 12.2. The molecule has 0 aliphatic heterocycles. The maximum atomic E-state index is 11.2. The number of halogens is 1. The summed E-state index contributed by atoms with van der Waals surface area (Å²) in [5.74, 6) is -0.494. The summed E-state index contributed by atoms with van der Waals surface area (Å²) in [6.45, 7) is 5.41. The largest absolute Gasteiger partial charge is 0.480 e. The number of aromatic nitrogens is 1. The molecule has 0 saturated carbocycles. The summed E-state index contributed by atoms with van der Waals surface area (Å²) in [6.07, 6.45) is 1.55. The molecular weight excluding hydrogens is 330 g/mol. The molecular formula is C12H16BrN3O4. The molecule has 0 amide bonds. The van der Waals surface area contributed by atoms with E-state index in [-0.39, 0.29) is 11.6 Å². The fraction of sp³-hybridized carbons (Fsp3) is 0.500. The molecule has 0 fully saturated rings. The highest BCUT2D eigenvalue weighted by atomic mass is 79.9. The maximum Gasteiger partial charge on any atom is 0.326 e. The number of carbonyl (C=O) groups is 1. The average Bonchev–Trinajstić information content (AvgIpc) is 2.32. The predicted molar refractivity (Wildman–Crippen MR) is 77.8 cm³/mol. The van der Waals surface area contributed by atoms with Crippen LogP contribution in [0.5, 0.6) is 0 Å². The van der Waals surface area contributed by atoms with Crippen LogP contribution in [-0.2, 0) is 4.79 Å². The van der Waals surface area contributed by atoms with Crippen molar-refractivity contribution >= 4 is 33.4 Å². The molecule has 8 heteroatoms. The minimum atomic E-state index is -0.983. The van der Waals surface area contributed by atoms with E-state index in [1.165, 1.54) is 0 Å². The second kappa shape index (κ2) is 6.65. The second-order valence-electron chi connectivity index (χ2n) is 4.85. The molecule has 0 unspecified atom stereocenters. The molecule has 1 rings (SSSR count). The highest BCUT2D eigenvalue weighted by Crippen LogP contribution is 2.31. The van der Waals surface area contributed by atoms with Crippen LogP contribution in [0.3, 0.4) is 0 Å². The summed E-state index contributed by atoms with van der Waals surface area (Å²) in [5.41, 5.74) is 0.291. The summed E-state index contributed by atoms with van der Waals surface area (Å²) >= 11 is 3.22. The van der Waals surface area contributed by atoms with Gasteiger partial charge in [0.25, 0.3) is 5.69 Å². The van der Waals surface area contributed by atoms with E-state index >= 15 is 0 Å². The van der Waals surface area contributed by atoms with Crippen molar-refractivity contribution in [3.05, 3.63) is 26.3 Å². The smallest absolute Gasteiger partial charge is 0.326 e. The number of hydrogen-bond acceptors (Lipinski definition) is 5. The molecule has 0 saturated heterocycles. The van der Waals surface area contributed by atoms with E-state index in [9.17, 15) is 20.0 Å². The van der Waals surface area contributed by atoms with E-state index in [2.05, 4.69) is 26.2 Å². The summed E-state index contributed by atoms with van der Waals surface area (Å²) in [5, 5.41) is 22.8. The minimum Gasteiger partial charge on any atom is -0.480 e. The molecule has 1 heterocycles. The first kappa shape index (κ1) is 16.4. The van der Waals surface area contributed by atoms with Gasteiger partial charge in [-0.2, -0.15) is 0 Å². The molecule has 20 heavy (non-hydrogen) atoms. The number of rotatable bonds is 6. The van der Waals surface area contributed by atoms with Gasteiger partial charge in [0.2, 0.25) is 0 Å². The van der Waals surface area contributed by atoms with Gasteiger partial charge in [-0.25, -0.2) is 9.78 Å². The Labute approximate surface area is 124 Å². The summed E-state index contributed by atoms with van der Waals surface area (Å²) in [7, 11) is 0. The lowest BCUT2D eigenvalue weighted by molar-refractivity contribution is -0.385. The summed E-state index contributed by atoms with van der Waals surface area (Å²) in [6, 6.07) is -0.792. The molecule has 0 aliphatic rings. The third-order valence-electron chi connectivity index (χ3n) is 2.75. The Morgan fingerprint density at radius 1 is 1.60 bits per heavy atom. The van der Waals surface area contributed by atoms with Crippen molar-refractivity contribution in [3.8, 4) is 0 Å². The van der Waals surface area contributed by atoms with Crippen molar-refractivity contribution in [1.82, 2.24) is 4.98 Å². The van der Waals surface area contributed by atoms with Crippen LogP contribution in [0.2, 0.25) is 0 Å². The lowest BCUT2D eigenvalue weighted by atomic mass is 10.0. The van der Waals surface area contributed by atoms with Crippen molar-refractivity contribution in [2.75, 3.05) is 5.32 Å². The molecule has 1 atom stereocenters. The Bertz CT molecular complexity index is 534. The molecule has 1 aromatic rings. The van der Waals surface area contributed by atoms with Crippen LogP contribution in [0.1, 0.15) is 25.8 Å². The molecule has 0 radical (unpaired) electrons. The first-order valence-corrected chi connectivity index (χ1v) is 6.82. The zero-order valence-corrected chi connectivity index (χ0v) is 13.0. The Kier molecular flexibility index (Phi) is 5.43. The number of nitro groups is 1. The van der Waals surface area contributed by atoms with E-state index in [1.54, 1.807) is 6.92 Å². The SMILES string of the molecule is Cc1c([N+](=O)[O-])cnc(N[C@H](CC(C)C)C(=O)O)c1Br. The number of hydrogen-bond donors (Lipinski definition) is 2. The topological polar surface area (TPSA) is 105 Å². The molecule has 0 spiro atoms. The van der Waals surface area contributed by atoms with Crippen molar-refractivity contribution in [2.45, 2.75) is 33.2 Å². The standard InChI is InChI=1S/C12H16BrN3O4/c1-6(2)4-8(12(17)18)15-11-10(13)7(3)9(5-14-11)16(19)20/h5-6,8H,4H2,1-3H3,(H,14,15)(H,17,18)/t8-/m1/s1. The number of carboxylic acids is 1.